The molecular weight excluding hydrogens is 693 g/mol. The Kier molecular flexibility index (Phi) is 12.7. The Bertz CT molecular complexity index is 1830. The number of hydrogen-bond acceptors (Lipinski definition) is 8. The molecule has 2 heterocycles. The summed E-state index contributed by atoms with van der Waals surface area (Å²) in [5, 5.41) is 39.4. The first-order valence-electron chi connectivity index (χ1n) is 20.2. The van der Waals surface area contributed by atoms with Gasteiger partial charge in [-0.3, -0.25) is 4.79 Å². The van der Waals surface area contributed by atoms with Gasteiger partial charge in [-0.2, -0.15) is 0 Å². The second-order valence-corrected chi connectivity index (χ2v) is 16.9. The summed E-state index contributed by atoms with van der Waals surface area (Å²) in [5.41, 5.74) is 9.02. The van der Waals surface area contributed by atoms with Crippen LogP contribution in [-0.4, -0.2) is 57.7 Å². The number of carbonyl (C=O) groups is 2. The fourth-order valence-corrected chi connectivity index (χ4v) is 10.1. The Balaban J connectivity index is 1.35. The molecule has 9 heteroatoms. The van der Waals surface area contributed by atoms with Gasteiger partial charge in [-0.15, -0.1) is 0 Å². The molecule has 6 rings (SSSR count). The molecule has 2 aliphatic heterocycles. The molecule has 6 atom stereocenters. The van der Waals surface area contributed by atoms with Crippen LogP contribution < -0.4 is 15.8 Å². The number of aliphatic hydroxyl groups excluding tert-OH is 1. The molecule has 1 spiro atoms. The maximum Gasteiger partial charge on any atom is 0.414 e. The zero-order valence-corrected chi connectivity index (χ0v) is 32.9. The Labute approximate surface area is 326 Å². The summed E-state index contributed by atoms with van der Waals surface area (Å²) in [4.78, 5) is 26.5. The summed E-state index contributed by atoms with van der Waals surface area (Å²) in [6.07, 6.45) is 14.8. The van der Waals surface area contributed by atoms with E-state index in [0.29, 0.717) is 67.4 Å². The van der Waals surface area contributed by atoms with Crippen molar-refractivity contribution in [3.8, 4) is 17.6 Å². The van der Waals surface area contributed by atoms with E-state index in [-0.39, 0.29) is 37.3 Å². The maximum absolute atomic E-state index is 14.3. The van der Waals surface area contributed by atoms with Gasteiger partial charge in [0, 0.05) is 35.3 Å². The molecule has 0 aromatic heterocycles. The van der Waals surface area contributed by atoms with Crippen molar-refractivity contribution in [2.45, 2.75) is 134 Å². The lowest BCUT2D eigenvalue weighted by molar-refractivity contribution is -0.169. The second kappa shape index (κ2) is 17.2. The molecule has 3 saturated carbocycles. The number of para-hydroxylation sites is 1. The minimum atomic E-state index is -1.24. The Morgan fingerprint density at radius 2 is 1.91 bits per heavy atom. The number of nitrogens with one attached hydrogen (secondary N) is 1. The van der Waals surface area contributed by atoms with Gasteiger partial charge in [0.25, 0.3) is 0 Å². The molecule has 1 amide bonds. The number of hydrogen-bond donors (Lipinski definition) is 5. The summed E-state index contributed by atoms with van der Waals surface area (Å²) >= 11 is 0. The molecule has 0 saturated heterocycles. The number of ketones is 1. The maximum atomic E-state index is 14.3. The van der Waals surface area contributed by atoms with Crippen LogP contribution in [0.4, 0.5) is 4.79 Å². The zero-order chi connectivity index (χ0) is 39.4. The molecule has 9 nitrogen and oxygen atoms in total. The first kappa shape index (κ1) is 40.9. The van der Waals surface area contributed by atoms with Crippen LogP contribution in [0.3, 0.4) is 0 Å². The van der Waals surface area contributed by atoms with Crippen molar-refractivity contribution in [2.24, 2.45) is 23.0 Å². The summed E-state index contributed by atoms with van der Waals surface area (Å²) in [5.74, 6) is 5.88. The monoisotopic (exact) mass is 752 g/mol. The highest BCUT2D eigenvalue weighted by Crippen LogP contribution is 2.63. The van der Waals surface area contributed by atoms with Crippen molar-refractivity contribution in [1.29, 1.82) is 0 Å². The average molecular weight is 753 g/mol. The average Bonchev–Trinajstić information content (AvgIpc) is 3.73. The van der Waals surface area contributed by atoms with Crippen molar-refractivity contribution in [3.63, 3.8) is 0 Å². The van der Waals surface area contributed by atoms with Gasteiger partial charge in [0.1, 0.15) is 18.5 Å². The van der Waals surface area contributed by atoms with Crippen molar-refractivity contribution in [2.75, 3.05) is 13.2 Å². The van der Waals surface area contributed by atoms with Crippen LogP contribution in [0.2, 0.25) is 0 Å². The van der Waals surface area contributed by atoms with E-state index in [1.807, 2.05) is 32.1 Å². The fourth-order valence-electron chi connectivity index (χ4n) is 10.1. The van der Waals surface area contributed by atoms with Crippen LogP contribution in [0, 0.1) is 29.1 Å². The van der Waals surface area contributed by atoms with Gasteiger partial charge in [0.2, 0.25) is 0 Å². The van der Waals surface area contributed by atoms with Gasteiger partial charge in [0.05, 0.1) is 23.9 Å². The number of carbonyl (C=O) groups excluding carboxylic acids is 2. The predicted molar refractivity (Wildman–Crippen MR) is 214 cm³/mol. The minimum absolute atomic E-state index is 0.00408. The van der Waals surface area contributed by atoms with Crippen LogP contribution in [0.1, 0.15) is 122 Å². The summed E-state index contributed by atoms with van der Waals surface area (Å²) in [6, 6.07) is 5.36. The van der Waals surface area contributed by atoms with Gasteiger partial charge in [-0.25, -0.2) is 4.79 Å². The smallest absolute Gasteiger partial charge is 0.410 e. The normalized spacial score (nSPS) is 32.2. The van der Waals surface area contributed by atoms with Crippen molar-refractivity contribution in [1.82, 2.24) is 5.32 Å². The molecule has 55 heavy (non-hydrogen) atoms. The van der Waals surface area contributed by atoms with Gasteiger partial charge >= 0.3 is 6.09 Å². The largest absolute Gasteiger partial charge is 0.414 e. The number of allylic oxidation sites excluding steroid dienone is 8. The van der Waals surface area contributed by atoms with Gasteiger partial charge in [0.15, 0.2) is 5.78 Å². The quantitative estimate of drug-likeness (QED) is 0.110. The first-order chi connectivity index (χ1) is 26.2. The topological polar surface area (TPSA) is 151 Å². The summed E-state index contributed by atoms with van der Waals surface area (Å²) < 4.78 is 11.6. The third-order valence-corrected chi connectivity index (χ3v) is 13.3. The highest BCUT2D eigenvalue weighted by molar-refractivity contribution is 5.97. The van der Waals surface area contributed by atoms with E-state index in [9.17, 15) is 24.9 Å². The van der Waals surface area contributed by atoms with Crippen LogP contribution in [0.25, 0.3) is 0 Å². The molecule has 296 valence electrons. The van der Waals surface area contributed by atoms with Gasteiger partial charge in [-0.05, 0) is 102 Å². The van der Waals surface area contributed by atoms with E-state index in [0.717, 1.165) is 55.2 Å². The predicted octanol–water partition coefficient (Wildman–Crippen LogP) is 7.37. The first-order valence-corrected chi connectivity index (χ1v) is 20.2. The second-order valence-electron chi connectivity index (χ2n) is 16.9. The fraction of sp³-hybridized carbons (Fsp3) is 0.565. The Hall–Kier alpha value is -3.78. The molecule has 3 fully saturated rings. The van der Waals surface area contributed by atoms with E-state index >= 15 is 0 Å². The lowest BCUT2D eigenvalue weighted by Crippen LogP contribution is -2.59. The number of nitrogens with two attached hydrogens (primary N) is 1. The van der Waals surface area contributed by atoms with Crippen LogP contribution in [0.15, 0.2) is 76.9 Å². The summed E-state index contributed by atoms with van der Waals surface area (Å²) in [7, 11) is 0. The molecule has 1 aromatic rings. The number of amides is 1. The van der Waals surface area contributed by atoms with Crippen LogP contribution >= 0.6 is 0 Å². The highest BCUT2D eigenvalue weighted by Gasteiger charge is 2.64. The standard InChI is InChI=1S/C46H60N2O7/c1-30-12-5-8-27-54-29-34(17-10-15-31(2)14-9-13-30)36-20-26-46(41(36)50)38(21-25-45(53)22-6-7-23-45)35(19-24-44(46,4)52)32(3)39(49)28-33-16-11-18-37-40(33)55-43(51)48-42(37)47/h10-11,13,15-18,36,38,41-42,50,52-53H,2,6-7,9,12,14,19-29,47H2,1,3-4H3,(H,48,51). The zero-order valence-electron chi connectivity index (χ0n) is 32.9. The Morgan fingerprint density at radius 1 is 1.13 bits per heavy atom. The molecule has 5 aliphatic rings. The lowest BCUT2D eigenvalue weighted by Gasteiger charge is -2.56. The molecule has 6 N–H and O–H groups in total. The van der Waals surface area contributed by atoms with E-state index in [1.165, 1.54) is 5.57 Å². The van der Waals surface area contributed by atoms with E-state index in [4.69, 9.17) is 15.2 Å². The lowest BCUT2D eigenvalue weighted by atomic mass is 9.52. The molecule has 6 unspecified atom stereocenters. The Morgan fingerprint density at radius 3 is 2.69 bits per heavy atom. The highest BCUT2D eigenvalue weighted by atomic mass is 16.6. The number of fused-ring (bicyclic) bond motifs is 1. The van der Waals surface area contributed by atoms with Crippen molar-refractivity contribution < 1.29 is 34.4 Å². The molecular formula is C46H60N2O7. The van der Waals surface area contributed by atoms with E-state index in [2.05, 4.69) is 36.7 Å². The van der Waals surface area contributed by atoms with E-state index in [1.54, 1.807) is 18.2 Å². The SMILES string of the molecule is C=C1C=CC=C(C2CCC3(C(CCC4(O)CCCC4)C(=C(C)C(=O)Cc4cccc5c4OC(=O)NC5N)CCC3(C)O)C2O)COCC#CCC(C)=CCC1. The number of benzene rings is 1. The van der Waals surface area contributed by atoms with Crippen LogP contribution in [-0.2, 0) is 16.0 Å². The molecule has 0 radical (unpaired) electrons. The van der Waals surface area contributed by atoms with Crippen LogP contribution in [0.5, 0.6) is 5.75 Å². The summed E-state index contributed by atoms with van der Waals surface area (Å²) in [6.45, 7) is 10.6. The molecule has 3 aliphatic carbocycles. The number of ether oxygens (including phenoxy) is 2. The molecule has 0 bridgehead atoms. The van der Waals surface area contributed by atoms with E-state index < -0.39 is 35.0 Å². The number of Topliss-reactive ketones (excluding diaryl/α,β-unsaturated/α-hetero) is 1. The third kappa shape index (κ3) is 8.80. The van der Waals surface area contributed by atoms with Crippen molar-refractivity contribution >= 4 is 11.9 Å². The minimum Gasteiger partial charge on any atom is -0.410 e. The third-order valence-electron chi connectivity index (χ3n) is 13.3. The number of aliphatic hydroxyl groups is 3. The van der Waals surface area contributed by atoms with Crippen molar-refractivity contribution in [3.05, 3.63) is 88.1 Å². The van der Waals surface area contributed by atoms with Gasteiger partial charge in [-0.1, -0.05) is 90.5 Å². The molecule has 1 aromatic carbocycles. The van der Waals surface area contributed by atoms with Gasteiger partial charge < -0.3 is 35.8 Å². The number of rotatable bonds is 7.